The van der Waals surface area contributed by atoms with Crippen LogP contribution in [0.1, 0.15) is 36.0 Å². The molecule has 0 atom stereocenters. The first-order valence-corrected chi connectivity index (χ1v) is 6.41. The maximum Gasteiger partial charge on any atom is 0.251 e. The number of nitrogens with one attached hydrogen (secondary N) is 1. The lowest BCUT2D eigenvalue weighted by atomic mass is 9.98. The van der Waals surface area contributed by atoms with Crippen LogP contribution in [-0.4, -0.2) is 35.4 Å². The quantitative estimate of drug-likeness (QED) is 0.769. The molecule has 0 radical (unpaired) electrons. The predicted molar refractivity (Wildman–Crippen MR) is 70.4 cm³/mol. The first-order valence-electron chi connectivity index (χ1n) is 6.41. The highest BCUT2D eigenvalue weighted by molar-refractivity contribution is 5.95. The molecular weight excluding hydrogens is 246 g/mol. The zero-order valence-corrected chi connectivity index (χ0v) is 11.0. The summed E-state index contributed by atoms with van der Waals surface area (Å²) in [5.41, 5.74) is -0.148. The normalized spacial score (nSPS) is 17.2. The Labute approximate surface area is 112 Å². The molecule has 3 N–H and O–H groups in total. The molecule has 1 amide bonds. The van der Waals surface area contributed by atoms with Crippen molar-refractivity contribution >= 4 is 5.91 Å². The highest BCUT2D eigenvalue weighted by Gasteiger charge is 2.34. The number of benzene rings is 1. The molecule has 1 aromatic rings. The predicted octanol–water partition coefficient (Wildman–Crippen LogP) is 1.44. The van der Waals surface area contributed by atoms with E-state index in [0.717, 1.165) is 25.7 Å². The summed E-state index contributed by atoms with van der Waals surface area (Å²) in [4.78, 5) is 12.1. The number of amides is 1. The zero-order chi connectivity index (χ0) is 13.9. The number of phenols is 1. The summed E-state index contributed by atoms with van der Waals surface area (Å²) in [7, 11) is 1.45. The van der Waals surface area contributed by atoms with Crippen LogP contribution in [0.5, 0.6) is 11.5 Å². The summed E-state index contributed by atoms with van der Waals surface area (Å²) >= 11 is 0. The molecule has 0 spiro atoms. The van der Waals surface area contributed by atoms with E-state index in [9.17, 15) is 15.0 Å². The molecule has 1 fully saturated rings. The van der Waals surface area contributed by atoms with Gasteiger partial charge in [0.2, 0.25) is 0 Å². The molecule has 0 bridgehead atoms. The maximum absolute atomic E-state index is 12.1. The third-order valence-electron chi connectivity index (χ3n) is 3.68. The van der Waals surface area contributed by atoms with E-state index in [2.05, 4.69) is 5.32 Å². The molecule has 0 aliphatic heterocycles. The number of aliphatic hydroxyl groups is 1. The van der Waals surface area contributed by atoms with Gasteiger partial charge in [0.15, 0.2) is 11.5 Å². The van der Waals surface area contributed by atoms with Crippen LogP contribution in [0.3, 0.4) is 0 Å². The molecule has 5 nitrogen and oxygen atoms in total. The summed E-state index contributed by atoms with van der Waals surface area (Å²) in [6, 6.07) is 4.51. The fraction of sp³-hybridized carbons (Fsp3) is 0.500. The van der Waals surface area contributed by atoms with Gasteiger partial charge in [-0.25, -0.2) is 0 Å². The van der Waals surface area contributed by atoms with Crippen molar-refractivity contribution in [2.75, 3.05) is 13.7 Å². The average molecular weight is 265 g/mol. The lowest BCUT2D eigenvalue weighted by Crippen LogP contribution is -2.49. The van der Waals surface area contributed by atoms with Crippen molar-refractivity contribution in [3.63, 3.8) is 0 Å². The first-order chi connectivity index (χ1) is 9.10. The standard InChI is InChI=1S/C14H19NO4/c1-19-12-5-4-10(8-11(12)17)13(18)15-14(9-16)6-2-3-7-14/h4-5,8,16-17H,2-3,6-7,9H2,1H3,(H,15,18). The topological polar surface area (TPSA) is 78.8 Å². The van der Waals surface area contributed by atoms with Gasteiger partial charge in [0, 0.05) is 5.56 Å². The number of carbonyl (C=O) groups excluding carboxylic acids is 1. The second-order valence-electron chi connectivity index (χ2n) is 4.99. The van der Waals surface area contributed by atoms with Gasteiger partial charge in [0.05, 0.1) is 19.3 Å². The molecule has 1 aliphatic carbocycles. The van der Waals surface area contributed by atoms with Gasteiger partial charge >= 0.3 is 0 Å². The fourth-order valence-corrected chi connectivity index (χ4v) is 2.52. The third kappa shape index (κ3) is 2.81. The second kappa shape index (κ2) is 5.48. The van der Waals surface area contributed by atoms with Crippen molar-refractivity contribution in [3.05, 3.63) is 23.8 Å². The zero-order valence-electron chi connectivity index (χ0n) is 11.0. The number of aliphatic hydroxyl groups excluding tert-OH is 1. The number of rotatable bonds is 4. The molecule has 0 saturated heterocycles. The van der Waals surface area contributed by atoms with Crippen LogP contribution >= 0.6 is 0 Å². The van der Waals surface area contributed by atoms with E-state index in [1.165, 1.54) is 13.2 Å². The van der Waals surface area contributed by atoms with Crippen molar-refractivity contribution in [2.45, 2.75) is 31.2 Å². The summed E-state index contributed by atoms with van der Waals surface area (Å²) < 4.78 is 4.93. The van der Waals surface area contributed by atoms with Gasteiger partial charge in [-0.3, -0.25) is 4.79 Å². The van der Waals surface area contributed by atoms with E-state index in [1.54, 1.807) is 12.1 Å². The van der Waals surface area contributed by atoms with Crippen molar-refractivity contribution < 1.29 is 19.7 Å². The van der Waals surface area contributed by atoms with Crippen LogP contribution in [-0.2, 0) is 0 Å². The number of ether oxygens (including phenoxy) is 1. The number of aromatic hydroxyl groups is 1. The highest BCUT2D eigenvalue weighted by Crippen LogP contribution is 2.30. The second-order valence-corrected chi connectivity index (χ2v) is 4.99. The minimum atomic E-state index is -0.507. The molecule has 5 heteroatoms. The molecule has 1 saturated carbocycles. The van der Waals surface area contributed by atoms with Gasteiger partial charge < -0.3 is 20.3 Å². The molecule has 1 aliphatic rings. The van der Waals surface area contributed by atoms with Crippen LogP contribution in [0.4, 0.5) is 0 Å². The van der Waals surface area contributed by atoms with Gasteiger partial charge in [-0.2, -0.15) is 0 Å². The summed E-state index contributed by atoms with van der Waals surface area (Å²) in [5, 5.41) is 22.0. The molecule has 2 rings (SSSR count). The monoisotopic (exact) mass is 265 g/mol. The van der Waals surface area contributed by atoms with E-state index in [1.807, 2.05) is 0 Å². The third-order valence-corrected chi connectivity index (χ3v) is 3.68. The van der Waals surface area contributed by atoms with Crippen molar-refractivity contribution in [2.24, 2.45) is 0 Å². The van der Waals surface area contributed by atoms with E-state index in [4.69, 9.17) is 4.74 Å². The average Bonchev–Trinajstić information content (AvgIpc) is 2.87. The van der Waals surface area contributed by atoms with Gasteiger partial charge in [0.25, 0.3) is 5.91 Å². The number of methoxy groups -OCH3 is 1. The molecule has 19 heavy (non-hydrogen) atoms. The van der Waals surface area contributed by atoms with E-state index in [0.29, 0.717) is 11.3 Å². The number of hydrogen-bond acceptors (Lipinski definition) is 4. The number of hydrogen-bond donors (Lipinski definition) is 3. The summed E-state index contributed by atoms with van der Waals surface area (Å²) in [5.74, 6) is -0.0252. The Morgan fingerprint density at radius 3 is 2.63 bits per heavy atom. The van der Waals surface area contributed by atoms with Crippen molar-refractivity contribution in [1.82, 2.24) is 5.32 Å². The molecular formula is C14H19NO4. The highest BCUT2D eigenvalue weighted by atomic mass is 16.5. The smallest absolute Gasteiger partial charge is 0.251 e. The Kier molecular flexibility index (Phi) is 3.95. The number of carbonyl (C=O) groups is 1. The Hall–Kier alpha value is -1.75. The van der Waals surface area contributed by atoms with Crippen LogP contribution in [0.25, 0.3) is 0 Å². The Morgan fingerprint density at radius 2 is 2.11 bits per heavy atom. The maximum atomic E-state index is 12.1. The van der Waals surface area contributed by atoms with Crippen LogP contribution in [0, 0.1) is 0 Å². The van der Waals surface area contributed by atoms with Crippen molar-refractivity contribution in [1.29, 1.82) is 0 Å². The van der Waals surface area contributed by atoms with Gasteiger partial charge in [-0.15, -0.1) is 0 Å². The Balaban J connectivity index is 2.13. The largest absolute Gasteiger partial charge is 0.504 e. The van der Waals surface area contributed by atoms with Gasteiger partial charge in [-0.1, -0.05) is 12.8 Å². The molecule has 1 aromatic carbocycles. The molecule has 104 valence electrons. The Morgan fingerprint density at radius 1 is 1.42 bits per heavy atom. The molecule has 0 unspecified atom stereocenters. The fourth-order valence-electron chi connectivity index (χ4n) is 2.52. The minimum absolute atomic E-state index is 0.0547. The van der Waals surface area contributed by atoms with Crippen LogP contribution < -0.4 is 10.1 Å². The van der Waals surface area contributed by atoms with Gasteiger partial charge in [-0.05, 0) is 31.0 Å². The van der Waals surface area contributed by atoms with E-state index < -0.39 is 5.54 Å². The Bertz CT molecular complexity index is 467. The lowest BCUT2D eigenvalue weighted by Gasteiger charge is -2.28. The summed E-state index contributed by atoms with van der Waals surface area (Å²) in [6.45, 7) is -0.0547. The van der Waals surface area contributed by atoms with Crippen LogP contribution in [0.15, 0.2) is 18.2 Å². The summed E-state index contributed by atoms with van der Waals surface area (Å²) in [6.07, 6.45) is 3.60. The van der Waals surface area contributed by atoms with Crippen LogP contribution in [0.2, 0.25) is 0 Å². The van der Waals surface area contributed by atoms with Crippen molar-refractivity contribution in [3.8, 4) is 11.5 Å². The van der Waals surface area contributed by atoms with E-state index >= 15 is 0 Å². The minimum Gasteiger partial charge on any atom is -0.504 e. The molecule has 0 aromatic heterocycles. The SMILES string of the molecule is COc1ccc(C(=O)NC2(CO)CCCC2)cc1O. The lowest BCUT2D eigenvalue weighted by molar-refractivity contribution is 0.0838. The van der Waals surface area contributed by atoms with Gasteiger partial charge in [0.1, 0.15) is 0 Å². The molecule has 0 heterocycles. The number of phenolic OH excluding ortho intramolecular Hbond substituents is 1. The van der Waals surface area contributed by atoms with E-state index in [-0.39, 0.29) is 18.3 Å². The first kappa shape index (κ1) is 13.7.